The Morgan fingerprint density at radius 2 is 1.81 bits per heavy atom. The van der Waals surface area contributed by atoms with Crippen molar-refractivity contribution in [3.63, 3.8) is 0 Å². The molecule has 1 heterocycles. The Morgan fingerprint density at radius 1 is 1.05 bits per heavy atom. The van der Waals surface area contributed by atoms with Crippen LogP contribution >= 0.6 is 0 Å². The lowest BCUT2D eigenvalue weighted by molar-refractivity contribution is -0.0322. The summed E-state index contributed by atoms with van der Waals surface area (Å²) < 4.78 is 5.79. The molecule has 0 amide bonds. The number of nitrogens with one attached hydrogen (secondary N) is 2. The summed E-state index contributed by atoms with van der Waals surface area (Å²) in [6.07, 6.45) is 0. The summed E-state index contributed by atoms with van der Waals surface area (Å²) >= 11 is 0. The van der Waals surface area contributed by atoms with Crippen LogP contribution in [-0.4, -0.2) is 29.9 Å². The van der Waals surface area contributed by atoms with Gasteiger partial charge < -0.3 is 4.74 Å². The predicted octanol–water partition coefficient (Wildman–Crippen LogP) is 3.16. The van der Waals surface area contributed by atoms with E-state index in [1.54, 1.807) is 0 Å². The highest BCUT2D eigenvalue weighted by atomic mass is 16.7. The summed E-state index contributed by atoms with van der Waals surface area (Å²) in [4.78, 5) is 5.40. The standard InChI is InChI=1S/C16H17N3O2/c1-3-20-14-11-8-6-5-7-10(11)9-12-13(14)16(18)19(15(12)17)21-4-2/h5-9,17-18H,3-4H2,1-2H3. The van der Waals surface area contributed by atoms with Gasteiger partial charge in [0.15, 0.2) is 11.7 Å². The van der Waals surface area contributed by atoms with E-state index in [9.17, 15) is 0 Å². The Labute approximate surface area is 123 Å². The van der Waals surface area contributed by atoms with Crippen LogP contribution in [0.25, 0.3) is 10.8 Å². The smallest absolute Gasteiger partial charge is 0.164 e. The number of nitrogens with zero attached hydrogens (tertiary/aromatic N) is 1. The second-order valence-corrected chi connectivity index (χ2v) is 4.69. The average molecular weight is 283 g/mol. The van der Waals surface area contributed by atoms with Crippen molar-refractivity contribution >= 4 is 22.4 Å². The summed E-state index contributed by atoms with van der Waals surface area (Å²) in [5, 5.41) is 19.7. The molecule has 0 radical (unpaired) electrons. The van der Waals surface area contributed by atoms with Crippen LogP contribution in [0.3, 0.4) is 0 Å². The fourth-order valence-electron chi connectivity index (χ4n) is 2.61. The minimum Gasteiger partial charge on any atom is -0.492 e. The van der Waals surface area contributed by atoms with Crippen LogP contribution in [0.1, 0.15) is 25.0 Å². The number of hydrogen-bond donors (Lipinski definition) is 2. The van der Waals surface area contributed by atoms with E-state index in [4.69, 9.17) is 20.4 Å². The van der Waals surface area contributed by atoms with Crippen molar-refractivity contribution in [3.05, 3.63) is 41.5 Å². The molecule has 2 N–H and O–H groups in total. The van der Waals surface area contributed by atoms with Crippen LogP contribution in [0.4, 0.5) is 0 Å². The number of benzene rings is 2. The Morgan fingerprint density at radius 3 is 2.52 bits per heavy atom. The summed E-state index contributed by atoms with van der Waals surface area (Å²) in [5.41, 5.74) is 1.31. The SMILES string of the molecule is CCOc1c2c(cc3ccccc13)C(=N)N(OCC)C2=N. The van der Waals surface area contributed by atoms with Gasteiger partial charge in [-0.1, -0.05) is 24.3 Å². The van der Waals surface area contributed by atoms with Gasteiger partial charge in [0.25, 0.3) is 0 Å². The number of amidine groups is 2. The number of ether oxygens (including phenoxy) is 1. The third-order valence-electron chi connectivity index (χ3n) is 3.45. The zero-order chi connectivity index (χ0) is 15.0. The van der Waals surface area contributed by atoms with Gasteiger partial charge in [-0.2, -0.15) is 5.06 Å². The Hall–Kier alpha value is -2.40. The summed E-state index contributed by atoms with van der Waals surface area (Å²) in [6.45, 7) is 4.67. The van der Waals surface area contributed by atoms with Gasteiger partial charge in [0, 0.05) is 10.9 Å². The highest BCUT2D eigenvalue weighted by Crippen LogP contribution is 2.37. The van der Waals surface area contributed by atoms with Gasteiger partial charge in [0.05, 0.1) is 18.8 Å². The molecule has 5 nitrogen and oxygen atoms in total. The maximum atomic E-state index is 8.30. The van der Waals surface area contributed by atoms with Gasteiger partial charge in [-0.3, -0.25) is 15.7 Å². The topological polar surface area (TPSA) is 69.4 Å². The number of hydrogen-bond acceptors (Lipinski definition) is 4. The quantitative estimate of drug-likeness (QED) is 0.905. The Kier molecular flexibility index (Phi) is 3.35. The van der Waals surface area contributed by atoms with Crippen LogP contribution < -0.4 is 4.74 Å². The third-order valence-corrected chi connectivity index (χ3v) is 3.45. The number of rotatable bonds is 4. The van der Waals surface area contributed by atoms with E-state index in [0.29, 0.717) is 30.1 Å². The van der Waals surface area contributed by atoms with Crippen LogP contribution in [-0.2, 0) is 4.84 Å². The predicted molar refractivity (Wildman–Crippen MR) is 82.2 cm³/mol. The largest absolute Gasteiger partial charge is 0.492 e. The first-order valence-electron chi connectivity index (χ1n) is 6.98. The van der Waals surface area contributed by atoms with Crippen molar-refractivity contribution in [1.82, 2.24) is 5.06 Å². The Bertz CT molecular complexity index is 740. The molecule has 1 aliphatic rings. The minimum absolute atomic E-state index is 0.158. The van der Waals surface area contributed by atoms with Gasteiger partial charge in [0.2, 0.25) is 0 Å². The van der Waals surface area contributed by atoms with Crippen molar-refractivity contribution in [1.29, 1.82) is 10.8 Å². The fraction of sp³-hybridized carbons (Fsp3) is 0.250. The molecule has 0 saturated heterocycles. The molecule has 108 valence electrons. The minimum atomic E-state index is 0.158. The van der Waals surface area contributed by atoms with E-state index in [-0.39, 0.29) is 11.7 Å². The first-order chi connectivity index (χ1) is 10.2. The van der Waals surface area contributed by atoms with Crippen LogP contribution in [0.2, 0.25) is 0 Å². The average Bonchev–Trinajstić information content (AvgIpc) is 2.73. The van der Waals surface area contributed by atoms with E-state index < -0.39 is 0 Å². The number of hydroxylamine groups is 2. The molecule has 2 aromatic rings. The van der Waals surface area contributed by atoms with Crippen molar-refractivity contribution in [2.45, 2.75) is 13.8 Å². The molecule has 0 aliphatic carbocycles. The lowest BCUT2D eigenvalue weighted by Gasteiger charge is -2.16. The van der Waals surface area contributed by atoms with Gasteiger partial charge >= 0.3 is 0 Å². The van der Waals surface area contributed by atoms with Gasteiger partial charge in [-0.05, 0) is 25.3 Å². The molecule has 0 saturated carbocycles. The van der Waals surface area contributed by atoms with Crippen LogP contribution in [0.15, 0.2) is 30.3 Å². The molecular formula is C16H17N3O2. The lowest BCUT2D eigenvalue weighted by Crippen LogP contribution is -2.30. The van der Waals surface area contributed by atoms with Gasteiger partial charge in [0.1, 0.15) is 5.75 Å². The molecule has 2 aromatic carbocycles. The van der Waals surface area contributed by atoms with Crippen LogP contribution in [0.5, 0.6) is 5.75 Å². The first-order valence-corrected chi connectivity index (χ1v) is 6.98. The van der Waals surface area contributed by atoms with Crippen molar-refractivity contribution in [3.8, 4) is 5.75 Å². The highest BCUT2D eigenvalue weighted by Gasteiger charge is 2.35. The van der Waals surface area contributed by atoms with E-state index in [1.165, 1.54) is 5.06 Å². The van der Waals surface area contributed by atoms with E-state index in [1.807, 2.05) is 44.2 Å². The molecule has 0 bridgehead atoms. The van der Waals surface area contributed by atoms with Crippen molar-refractivity contribution in [2.75, 3.05) is 13.2 Å². The van der Waals surface area contributed by atoms with Crippen molar-refractivity contribution in [2.24, 2.45) is 0 Å². The summed E-state index contributed by atoms with van der Waals surface area (Å²) in [7, 11) is 0. The normalized spacial score (nSPS) is 13.9. The molecule has 0 spiro atoms. The van der Waals surface area contributed by atoms with E-state index in [0.717, 1.165) is 10.8 Å². The van der Waals surface area contributed by atoms with E-state index in [2.05, 4.69) is 0 Å². The highest BCUT2D eigenvalue weighted by molar-refractivity contribution is 6.26. The molecule has 0 unspecified atom stereocenters. The van der Waals surface area contributed by atoms with Gasteiger partial charge in [-0.15, -0.1) is 0 Å². The first kappa shape index (κ1) is 13.6. The molecule has 5 heteroatoms. The zero-order valence-corrected chi connectivity index (χ0v) is 12.1. The molecule has 0 atom stereocenters. The molecule has 0 fully saturated rings. The second kappa shape index (κ2) is 5.18. The van der Waals surface area contributed by atoms with Gasteiger partial charge in [-0.25, -0.2) is 0 Å². The molecule has 21 heavy (non-hydrogen) atoms. The monoisotopic (exact) mass is 283 g/mol. The van der Waals surface area contributed by atoms with Crippen LogP contribution in [0, 0.1) is 10.8 Å². The lowest BCUT2D eigenvalue weighted by atomic mass is 10.0. The third kappa shape index (κ3) is 1.97. The Balaban J connectivity index is 2.28. The zero-order valence-electron chi connectivity index (χ0n) is 12.1. The summed E-state index contributed by atoms with van der Waals surface area (Å²) in [6, 6.07) is 9.78. The maximum Gasteiger partial charge on any atom is 0.164 e. The molecule has 0 aromatic heterocycles. The molecular weight excluding hydrogens is 266 g/mol. The summed E-state index contributed by atoms with van der Waals surface area (Å²) in [5.74, 6) is 0.997. The molecule has 3 rings (SSSR count). The fourth-order valence-corrected chi connectivity index (χ4v) is 2.61. The molecule has 1 aliphatic heterocycles. The van der Waals surface area contributed by atoms with E-state index >= 15 is 0 Å². The maximum absolute atomic E-state index is 8.30. The number of fused-ring (bicyclic) bond motifs is 2. The van der Waals surface area contributed by atoms with Crippen molar-refractivity contribution < 1.29 is 9.57 Å². The second-order valence-electron chi connectivity index (χ2n) is 4.69.